The number of hydrogen-bond donors (Lipinski definition) is 1. The second-order valence-electron chi connectivity index (χ2n) is 6.18. The van der Waals surface area contributed by atoms with Crippen molar-refractivity contribution in [1.82, 2.24) is 4.90 Å². The second-order valence-corrected chi connectivity index (χ2v) is 7.03. The Kier molecular flexibility index (Phi) is 4.15. The molecule has 1 aliphatic rings. The van der Waals surface area contributed by atoms with E-state index < -0.39 is 0 Å². The highest BCUT2D eigenvalue weighted by atomic mass is 79.9. The van der Waals surface area contributed by atoms with Crippen molar-refractivity contribution in [1.29, 1.82) is 0 Å². The van der Waals surface area contributed by atoms with Crippen LogP contribution in [0, 0.1) is 12.3 Å². The topological polar surface area (TPSA) is 29.3 Å². The summed E-state index contributed by atoms with van der Waals surface area (Å²) in [6.07, 6.45) is 1.10. The molecule has 1 aliphatic heterocycles. The van der Waals surface area contributed by atoms with Gasteiger partial charge in [0.15, 0.2) is 0 Å². The Bertz CT molecular complexity index is 429. The Labute approximate surface area is 119 Å². The summed E-state index contributed by atoms with van der Waals surface area (Å²) in [5, 5.41) is 0. The van der Waals surface area contributed by atoms with Crippen LogP contribution in [0.5, 0.6) is 0 Å². The third-order valence-electron chi connectivity index (χ3n) is 4.02. The van der Waals surface area contributed by atoms with Gasteiger partial charge in [0.2, 0.25) is 0 Å². The SMILES string of the molecule is Cc1cc(CN2CCC(N)C(C)(C)C2)ccc1Br. The molecule has 0 aromatic heterocycles. The first-order chi connectivity index (χ1) is 8.38. The molecular weight excluding hydrogens is 288 g/mol. The Morgan fingerprint density at radius 1 is 1.44 bits per heavy atom. The van der Waals surface area contributed by atoms with Crippen LogP contribution in [0.3, 0.4) is 0 Å². The Morgan fingerprint density at radius 3 is 2.78 bits per heavy atom. The maximum absolute atomic E-state index is 6.18. The zero-order valence-corrected chi connectivity index (χ0v) is 13.1. The van der Waals surface area contributed by atoms with Crippen LogP contribution in [-0.2, 0) is 6.54 Å². The fraction of sp³-hybridized carbons (Fsp3) is 0.600. The first-order valence-electron chi connectivity index (χ1n) is 6.61. The summed E-state index contributed by atoms with van der Waals surface area (Å²) in [6.45, 7) is 9.92. The fourth-order valence-electron chi connectivity index (χ4n) is 2.68. The van der Waals surface area contributed by atoms with Gasteiger partial charge >= 0.3 is 0 Å². The molecule has 100 valence electrons. The molecule has 0 amide bonds. The number of hydrogen-bond acceptors (Lipinski definition) is 2. The molecule has 1 heterocycles. The van der Waals surface area contributed by atoms with Gasteiger partial charge in [0.1, 0.15) is 0 Å². The van der Waals surface area contributed by atoms with Gasteiger partial charge < -0.3 is 5.73 Å². The van der Waals surface area contributed by atoms with Crippen LogP contribution in [0.25, 0.3) is 0 Å². The molecule has 0 spiro atoms. The van der Waals surface area contributed by atoms with Crippen molar-refractivity contribution in [2.75, 3.05) is 13.1 Å². The highest BCUT2D eigenvalue weighted by Crippen LogP contribution is 2.29. The van der Waals surface area contributed by atoms with Gasteiger partial charge in [-0.15, -0.1) is 0 Å². The minimum absolute atomic E-state index is 0.225. The lowest BCUT2D eigenvalue weighted by Crippen LogP contribution is -2.52. The summed E-state index contributed by atoms with van der Waals surface area (Å²) in [5.41, 5.74) is 9.10. The lowest BCUT2D eigenvalue weighted by molar-refractivity contribution is 0.0899. The summed E-state index contributed by atoms with van der Waals surface area (Å²) < 4.78 is 1.19. The van der Waals surface area contributed by atoms with Crippen LogP contribution in [0.15, 0.2) is 22.7 Å². The average molecular weight is 311 g/mol. The standard InChI is InChI=1S/C15H23BrN2/c1-11-8-12(4-5-13(11)16)9-18-7-6-14(17)15(2,3)10-18/h4-5,8,14H,6-7,9-10,17H2,1-3H3. The van der Waals surface area contributed by atoms with Crippen LogP contribution in [0.4, 0.5) is 0 Å². The molecule has 0 bridgehead atoms. The molecule has 1 fully saturated rings. The molecule has 2 rings (SSSR count). The molecule has 3 heteroatoms. The van der Waals surface area contributed by atoms with E-state index in [1.165, 1.54) is 15.6 Å². The minimum Gasteiger partial charge on any atom is -0.327 e. The summed E-state index contributed by atoms with van der Waals surface area (Å²) in [7, 11) is 0. The van der Waals surface area contributed by atoms with Gasteiger partial charge in [0.05, 0.1) is 0 Å². The number of aryl methyl sites for hydroxylation is 1. The Morgan fingerprint density at radius 2 is 2.17 bits per heavy atom. The molecule has 0 radical (unpaired) electrons. The van der Waals surface area contributed by atoms with Crippen molar-refractivity contribution in [3.05, 3.63) is 33.8 Å². The van der Waals surface area contributed by atoms with E-state index >= 15 is 0 Å². The van der Waals surface area contributed by atoms with E-state index in [2.05, 4.69) is 59.8 Å². The highest BCUT2D eigenvalue weighted by Gasteiger charge is 2.33. The number of halogens is 1. The van der Waals surface area contributed by atoms with Gasteiger partial charge in [-0.05, 0) is 36.0 Å². The van der Waals surface area contributed by atoms with Crippen molar-refractivity contribution in [3.8, 4) is 0 Å². The lowest BCUT2D eigenvalue weighted by Gasteiger charge is -2.42. The van der Waals surface area contributed by atoms with E-state index in [4.69, 9.17) is 5.73 Å². The Balaban J connectivity index is 2.04. The molecule has 0 saturated carbocycles. The van der Waals surface area contributed by atoms with Gasteiger partial charge in [-0.25, -0.2) is 0 Å². The molecule has 1 aromatic rings. The predicted molar refractivity (Wildman–Crippen MR) is 80.5 cm³/mol. The van der Waals surface area contributed by atoms with Gasteiger partial charge in [-0.2, -0.15) is 0 Å². The van der Waals surface area contributed by atoms with Crippen molar-refractivity contribution < 1.29 is 0 Å². The zero-order chi connectivity index (χ0) is 13.3. The van der Waals surface area contributed by atoms with Crippen LogP contribution < -0.4 is 5.73 Å². The van der Waals surface area contributed by atoms with E-state index in [9.17, 15) is 0 Å². The largest absolute Gasteiger partial charge is 0.327 e. The quantitative estimate of drug-likeness (QED) is 0.908. The molecular formula is C15H23BrN2. The van der Waals surface area contributed by atoms with Crippen molar-refractivity contribution in [2.45, 2.75) is 39.8 Å². The summed E-state index contributed by atoms with van der Waals surface area (Å²) in [5.74, 6) is 0. The number of nitrogens with two attached hydrogens (primary N) is 1. The fourth-order valence-corrected chi connectivity index (χ4v) is 2.93. The Hall–Kier alpha value is -0.380. The zero-order valence-electron chi connectivity index (χ0n) is 11.5. The smallest absolute Gasteiger partial charge is 0.0234 e. The van der Waals surface area contributed by atoms with E-state index in [0.717, 1.165) is 26.1 Å². The highest BCUT2D eigenvalue weighted by molar-refractivity contribution is 9.10. The monoisotopic (exact) mass is 310 g/mol. The predicted octanol–water partition coefficient (Wildman–Crippen LogP) is 3.32. The first kappa shape index (κ1) is 14.0. The summed E-state index contributed by atoms with van der Waals surface area (Å²) in [4.78, 5) is 2.52. The number of likely N-dealkylation sites (tertiary alicyclic amines) is 1. The first-order valence-corrected chi connectivity index (χ1v) is 7.41. The maximum atomic E-state index is 6.18. The lowest BCUT2D eigenvalue weighted by atomic mass is 9.79. The summed E-state index contributed by atoms with van der Waals surface area (Å²) >= 11 is 3.55. The van der Waals surface area contributed by atoms with Crippen LogP contribution >= 0.6 is 15.9 Å². The maximum Gasteiger partial charge on any atom is 0.0234 e. The van der Waals surface area contributed by atoms with Crippen LogP contribution in [0.1, 0.15) is 31.4 Å². The van der Waals surface area contributed by atoms with Crippen molar-refractivity contribution >= 4 is 15.9 Å². The minimum atomic E-state index is 0.225. The van der Waals surface area contributed by atoms with Crippen LogP contribution in [0.2, 0.25) is 0 Å². The number of nitrogens with zero attached hydrogens (tertiary/aromatic N) is 1. The van der Waals surface area contributed by atoms with E-state index in [1.807, 2.05) is 0 Å². The molecule has 2 nitrogen and oxygen atoms in total. The average Bonchev–Trinajstić information content (AvgIpc) is 2.28. The number of piperidine rings is 1. The molecule has 1 aromatic carbocycles. The van der Waals surface area contributed by atoms with E-state index in [0.29, 0.717) is 6.04 Å². The molecule has 1 saturated heterocycles. The molecule has 1 unspecified atom stereocenters. The van der Waals surface area contributed by atoms with Gasteiger partial charge in [-0.3, -0.25) is 4.90 Å². The third kappa shape index (κ3) is 3.14. The van der Waals surface area contributed by atoms with Crippen molar-refractivity contribution in [3.63, 3.8) is 0 Å². The van der Waals surface area contributed by atoms with Crippen molar-refractivity contribution in [2.24, 2.45) is 11.1 Å². The molecule has 1 atom stereocenters. The normalized spacial score (nSPS) is 24.2. The van der Waals surface area contributed by atoms with Gasteiger partial charge in [-0.1, -0.05) is 41.9 Å². The molecule has 0 aliphatic carbocycles. The van der Waals surface area contributed by atoms with E-state index in [1.54, 1.807) is 0 Å². The number of rotatable bonds is 2. The number of benzene rings is 1. The van der Waals surface area contributed by atoms with Crippen LogP contribution in [-0.4, -0.2) is 24.0 Å². The summed E-state index contributed by atoms with van der Waals surface area (Å²) in [6, 6.07) is 6.95. The molecule has 18 heavy (non-hydrogen) atoms. The van der Waals surface area contributed by atoms with E-state index in [-0.39, 0.29) is 5.41 Å². The third-order valence-corrected chi connectivity index (χ3v) is 4.91. The second kappa shape index (κ2) is 5.32. The van der Waals surface area contributed by atoms with Gasteiger partial charge in [0, 0.05) is 30.1 Å². The molecule has 2 N–H and O–H groups in total. The van der Waals surface area contributed by atoms with Gasteiger partial charge in [0.25, 0.3) is 0 Å².